The zero-order chi connectivity index (χ0) is 15.8. The highest BCUT2D eigenvalue weighted by Crippen LogP contribution is 2.16. The molecular weight excluding hydrogens is 272 g/mol. The number of ether oxygens (including phenoxy) is 1. The molecule has 0 radical (unpaired) electrons. The molecule has 0 aliphatic heterocycles. The van der Waals surface area contributed by atoms with Crippen molar-refractivity contribution in [3.8, 4) is 0 Å². The zero-order valence-electron chi connectivity index (χ0n) is 12.6. The monoisotopic (exact) mass is 292 g/mol. The quantitative estimate of drug-likeness (QED) is 0.551. The number of aryl methyl sites for hydroxylation is 1. The van der Waals surface area contributed by atoms with Crippen LogP contribution in [0.4, 0.5) is 0 Å². The molecule has 0 spiro atoms. The van der Waals surface area contributed by atoms with Crippen LogP contribution in [0.2, 0.25) is 0 Å². The number of carbonyl (C=O) groups is 1. The summed E-state index contributed by atoms with van der Waals surface area (Å²) < 4.78 is 5.60. The van der Waals surface area contributed by atoms with E-state index in [0.717, 1.165) is 12.0 Å². The molecule has 2 heteroatoms. The Hall–Kier alpha value is -2.61. The van der Waals surface area contributed by atoms with Crippen LogP contribution in [0.1, 0.15) is 22.3 Å². The minimum atomic E-state index is -0.356. The van der Waals surface area contributed by atoms with E-state index in [9.17, 15) is 4.79 Å². The summed E-state index contributed by atoms with van der Waals surface area (Å²) in [6, 6.07) is 19.1. The molecule has 2 aromatic rings. The van der Waals surface area contributed by atoms with Gasteiger partial charge in [0, 0.05) is 0 Å². The molecule has 0 amide bonds. The van der Waals surface area contributed by atoms with Crippen LogP contribution in [0.5, 0.6) is 0 Å². The Morgan fingerprint density at radius 1 is 1.05 bits per heavy atom. The van der Waals surface area contributed by atoms with E-state index >= 15 is 0 Å². The summed E-state index contributed by atoms with van der Waals surface area (Å²) in [6.07, 6.45) is 2.80. The molecule has 0 bridgehead atoms. The Labute approximate surface area is 131 Å². The highest BCUT2D eigenvalue weighted by atomic mass is 16.5. The van der Waals surface area contributed by atoms with Crippen molar-refractivity contribution >= 4 is 5.97 Å². The lowest BCUT2D eigenvalue weighted by molar-refractivity contribution is 0.0366. The second kappa shape index (κ2) is 7.99. The molecule has 0 fully saturated rings. The van der Waals surface area contributed by atoms with Crippen LogP contribution >= 0.6 is 0 Å². The predicted octanol–water partition coefficient (Wildman–Crippen LogP) is 4.59. The number of hydrogen-bond acceptors (Lipinski definition) is 2. The second-order valence-electron chi connectivity index (χ2n) is 5.06. The van der Waals surface area contributed by atoms with Crippen molar-refractivity contribution in [1.82, 2.24) is 0 Å². The van der Waals surface area contributed by atoms with E-state index < -0.39 is 0 Å². The van der Waals surface area contributed by atoms with Crippen molar-refractivity contribution in [2.75, 3.05) is 0 Å². The number of benzene rings is 2. The first kappa shape index (κ1) is 15.8. The average molecular weight is 292 g/mol. The van der Waals surface area contributed by atoms with Gasteiger partial charge in [0.2, 0.25) is 0 Å². The number of hydrogen-bond donors (Lipinski definition) is 0. The number of esters is 1. The van der Waals surface area contributed by atoms with E-state index in [-0.39, 0.29) is 12.1 Å². The molecule has 2 aromatic carbocycles. The van der Waals surface area contributed by atoms with Crippen molar-refractivity contribution in [3.63, 3.8) is 0 Å². The van der Waals surface area contributed by atoms with Gasteiger partial charge in [0.1, 0.15) is 6.10 Å². The van der Waals surface area contributed by atoms with Gasteiger partial charge in [-0.2, -0.15) is 0 Å². The fraction of sp³-hybridized carbons (Fsp3) is 0.150. The van der Waals surface area contributed by atoms with Crippen LogP contribution in [0.3, 0.4) is 0 Å². The fourth-order valence-electron chi connectivity index (χ4n) is 2.17. The Morgan fingerprint density at radius 2 is 1.64 bits per heavy atom. The van der Waals surface area contributed by atoms with Gasteiger partial charge in [-0.15, -0.1) is 0 Å². The van der Waals surface area contributed by atoms with Crippen LogP contribution < -0.4 is 0 Å². The maximum atomic E-state index is 12.2. The molecule has 2 nitrogen and oxygen atoms in total. The van der Waals surface area contributed by atoms with Crippen LogP contribution in [-0.2, 0) is 11.2 Å². The standard InChI is InChI=1S/C20H20O2/c1-3-16(2)19(15-14-17-10-6-4-7-11-17)22-20(21)18-12-8-5-9-13-18/h3-13,19H,1-2,14-15H2. The molecule has 0 aliphatic rings. The Kier molecular flexibility index (Phi) is 5.73. The third-order valence-corrected chi connectivity index (χ3v) is 3.47. The molecule has 0 N–H and O–H groups in total. The summed E-state index contributed by atoms with van der Waals surface area (Å²) >= 11 is 0. The minimum absolute atomic E-state index is 0.332. The van der Waals surface area contributed by atoms with Crippen molar-refractivity contribution in [2.24, 2.45) is 0 Å². The molecule has 0 aromatic heterocycles. The van der Waals surface area contributed by atoms with Crippen LogP contribution in [0.25, 0.3) is 0 Å². The summed E-state index contributed by atoms with van der Waals surface area (Å²) in [5.74, 6) is -0.332. The first-order chi connectivity index (χ1) is 10.7. The first-order valence-corrected chi connectivity index (χ1v) is 7.32. The molecule has 2 rings (SSSR count). The van der Waals surface area contributed by atoms with Gasteiger partial charge in [-0.1, -0.05) is 67.8 Å². The average Bonchev–Trinajstić information content (AvgIpc) is 2.59. The largest absolute Gasteiger partial charge is 0.454 e. The lowest BCUT2D eigenvalue weighted by atomic mass is 10.0. The summed E-state index contributed by atoms with van der Waals surface area (Å²) in [5.41, 5.74) is 2.48. The maximum absolute atomic E-state index is 12.2. The van der Waals surface area contributed by atoms with Crippen LogP contribution in [-0.4, -0.2) is 12.1 Å². The molecule has 1 unspecified atom stereocenters. The van der Waals surface area contributed by atoms with Crippen LogP contribution in [0.15, 0.2) is 85.5 Å². The topological polar surface area (TPSA) is 26.3 Å². The van der Waals surface area contributed by atoms with Gasteiger partial charge < -0.3 is 4.74 Å². The highest BCUT2D eigenvalue weighted by Gasteiger charge is 2.17. The van der Waals surface area contributed by atoms with E-state index in [1.807, 2.05) is 36.4 Å². The Morgan fingerprint density at radius 3 is 2.23 bits per heavy atom. The third kappa shape index (κ3) is 4.45. The van der Waals surface area contributed by atoms with Gasteiger partial charge >= 0.3 is 5.97 Å². The predicted molar refractivity (Wildman–Crippen MR) is 89.7 cm³/mol. The summed E-state index contributed by atoms with van der Waals surface area (Å²) in [7, 11) is 0. The van der Waals surface area contributed by atoms with Gasteiger partial charge in [-0.3, -0.25) is 0 Å². The van der Waals surface area contributed by atoms with Crippen molar-refractivity contribution < 1.29 is 9.53 Å². The van der Waals surface area contributed by atoms with E-state index in [1.165, 1.54) is 5.56 Å². The van der Waals surface area contributed by atoms with Crippen LogP contribution in [0, 0.1) is 0 Å². The van der Waals surface area contributed by atoms with Gasteiger partial charge in [0.15, 0.2) is 0 Å². The van der Waals surface area contributed by atoms with Crippen molar-refractivity contribution in [2.45, 2.75) is 18.9 Å². The first-order valence-electron chi connectivity index (χ1n) is 7.32. The zero-order valence-corrected chi connectivity index (χ0v) is 12.6. The molecular formula is C20H20O2. The van der Waals surface area contributed by atoms with Crippen molar-refractivity contribution in [3.05, 3.63) is 96.6 Å². The molecule has 0 heterocycles. The fourth-order valence-corrected chi connectivity index (χ4v) is 2.17. The normalized spacial score (nSPS) is 11.5. The Balaban J connectivity index is 2.02. The SMILES string of the molecule is C=CC(=C)C(CCc1ccccc1)OC(=O)c1ccccc1. The summed E-state index contributed by atoms with van der Waals surface area (Å²) in [4.78, 5) is 12.2. The molecule has 0 saturated carbocycles. The van der Waals surface area contributed by atoms with E-state index in [0.29, 0.717) is 12.0 Å². The second-order valence-corrected chi connectivity index (χ2v) is 5.06. The van der Waals surface area contributed by atoms with Gasteiger partial charge in [-0.05, 0) is 36.1 Å². The molecule has 0 aliphatic carbocycles. The third-order valence-electron chi connectivity index (χ3n) is 3.47. The number of carbonyl (C=O) groups excluding carboxylic acids is 1. The Bertz CT molecular complexity index is 629. The minimum Gasteiger partial charge on any atom is -0.454 e. The molecule has 1 atom stereocenters. The van der Waals surface area contributed by atoms with E-state index in [2.05, 4.69) is 25.3 Å². The molecule has 22 heavy (non-hydrogen) atoms. The summed E-state index contributed by atoms with van der Waals surface area (Å²) in [5, 5.41) is 0. The van der Waals surface area contributed by atoms with Gasteiger partial charge in [-0.25, -0.2) is 4.79 Å². The smallest absolute Gasteiger partial charge is 0.338 e. The molecule has 0 saturated heterocycles. The van der Waals surface area contributed by atoms with E-state index in [4.69, 9.17) is 4.74 Å². The number of rotatable bonds is 7. The van der Waals surface area contributed by atoms with Crippen molar-refractivity contribution in [1.29, 1.82) is 0 Å². The van der Waals surface area contributed by atoms with E-state index in [1.54, 1.807) is 18.2 Å². The highest BCUT2D eigenvalue weighted by molar-refractivity contribution is 5.89. The lowest BCUT2D eigenvalue weighted by Crippen LogP contribution is -2.20. The summed E-state index contributed by atoms with van der Waals surface area (Å²) in [6.45, 7) is 7.66. The molecule has 112 valence electrons. The van der Waals surface area contributed by atoms with Gasteiger partial charge in [0.05, 0.1) is 5.56 Å². The lowest BCUT2D eigenvalue weighted by Gasteiger charge is -2.18. The van der Waals surface area contributed by atoms with Gasteiger partial charge in [0.25, 0.3) is 0 Å². The maximum Gasteiger partial charge on any atom is 0.338 e.